The van der Waals surface area contributed by atoms with Crippen LogP contribution in [0.1, 0.15) is 52.0 Å². The van der Waals surface area contributed by atoms with Gasteiger partial charge in [0, 0.05) is 12.1 Å². The van der Waals surface area contributed by atoms with Crippen molar-refractivity contribution in [2.75, 3.05) is 13.7 Å². The molecule has 1 amide bonds. The van der Waals surface area contributed by atoms with Crippen LogP contribution in [0, 0.1) is 5.92 Å². The summed E-state index contributed by atoms with van der Waals surface area (Å²) >= 11 is 0. The molecule has 0 heterocycles. The van der Waals surface area contributed by atoms with Crippen LogP contribution in [0.3, 0.4) is 0 Å². The van der Waals surface area contributed by atoms with E-state index in [0.717, 1.165) is 24.8 Å². The van der Waals surface area contributed by atoms with E-state index in [2.05, 4.69) is 12.2 Å². The van der Waals surface area contributed by atoms with Crippen molar-refractivity contribution in [2.24, 2.45) is 5.92 Å². The lowest BCUT2D eigenvalue weighted by Gasteiger charge is -2.29. The molecule has 0 unspecified atom stereocenters. The summed E-state index contributed by atoms with van der Waals surface area (Å²) in [5, 5.41) is 2.96. The monoisotopic (exact) mass is 389 g/mol. The zero-order valence-electron chi connectivity index (χ0n) is 17.2. The second-order valence-electron chi connectivity index (χ2n) is 7.45. The summed E-state index contributed by atoms with van der Waals surface area (Å²) in [4.78, 5) is 23.9. The minimum atomic E-state index is -0.562. The van der Waals surface area contributed by atoms with Crippen LogP contribution in [-0.4, -0.2) is 37.7 Å². The number of ether oxygens (including phenoxy) is 3. The lowest BCUT2D eigenvalue weighted by Crippen LogP contribution is -2.42. The van der Waals surface area contributed by atoms with E-state index in [1.165, 1.54) is 12.5 Å². The zero-order chi connectivity index (χ0) is 20.5. The van der Waals surface area contributed by atoms with E-state index in [4.69, 9.17) is 14.2 Å². The van der Waals surface area contributed by atoms with Crippen molar-refractivity contribution in [3.8, 4) is 11.5 Å². The molecule has 6 heteroatoms. The van der Waals surface area contributed by atoms with Gasteiger partial charge in [0.05, 0.1) is 13.2 Å². The third-order valence-electron chi connectivity index (χ3n) is 4.77. The number of carbonyl (C=O) groups excluding carboxylic acids is 2. The third kappa shape index (κ3) is 6.91. The molecule has 154 valence electrons. The predicted octanol–water partition coefficient (Wildman–Crippen LogP) is 3.73. The molecule has 28 heavy (non-hydrogen) atoms. The Morgan fingerprint density at radius 1 is 1.21 bits per heavy atom. The highest BCUT2D eigenvalue weighted by atomic mass is 16.5. The molecule has 2 rings (SSSR count). The maximum atomic E-state index is 12.0. The number of hydrogen-bond donors (Lipinski definition) is 1. The van der Waals surface area contributed by atoms with Crippen LogP contribution in [0.25, 0.3) is 6.08 Å². The molecule has 1 aromatic rings. The Hall–Kier alpha value is -2.50. The molecule has 1 aliphatic rings. The summed E-state index contributed by atoms with van der Waals surface area (Å²) in [6.07, 6.45) is 7.40. The van der Waals surface area contributed by atoms with E-state index >= 15 is 0 Å². The Balaban J connectivity index is 1.83. The van der Waals surface area contributed by atoms with E-state index in [-0.39, 0.29) is 24.7 Å². The van der Waals surface area contributed by atoms with Crippen molar-refractivity contribution in [1.29, 1.82) is 0 Å². The Bertz CT molecular complexity index is 698. The predicted molar refractivity (Wildman–Crippen MR) is 108 cm³/mol. The molecule has 6 nitrogen and oxygen atoms in total. The number of nitrogens with one attached hydrogen (secondary N) is 1. The number of methoxy groups -OCH3 is 1. The smallest absolute Gasteiger partial charge is 0.331 e. The van der Waals surface area contributed by atoms with Gasteiger partial charge in [-0.2, -0.15) is 0 Å². The number of hydrogen-bond acceptors (Lipinski definition) is 5. The molecule has 0 radical (unpaired) electrons. The molecular weight excluding hydrogens is 358 g/mol. The molecule has 0 spiro atoms. The van der Waals surface area contributed by atoms with Gasteiger partial charge in [-0.05, 0) is 56.4 Å². The van der Waals surface area contributed by atoms with Crippen LogP contribution in [0.2, 0.25) is 0 Å². The molecule has 1 N–H and O–H groups in total. The van der Waals surface area contributed by atoms with E-state index in [1.54, 1.807) is 25.3 Å². The number of rotatable bonds is 8. The minimum absolute atomic E-state index is 0.0352. The molecule has 1 aromatic carbocycles. The normalized spacial score (nSPS) is 19.5. The highest BCUT2D eigenvalue weighted by Gasteiger charge is 2.22. The van der Waals surface area contributed by atoms with Crippen LogP contribution >= 0.6 is 0 Å². The second kappa shape index (κ2) is 10.7. The van der Waals surface area contributed by atoms with E-state index in [0.29, 0.717) is 17.4 Å². The van der Waals surface area contributed by atoms with Crippen LogP contribution in [0.4, 0.5) is 0 Å². The highest BCUT2D eigenvalue weighted by Crippen LogP contribution is 2.29. The first-order valence-corrected chi connectivity index (χ1v) is 9.88. The Morgan fingerprint density at radius 2 is 1.96 bits per heavy atom. The summed E-state index contributed by atoms with van der Waals surface area (Å²) in [5.74, 6) is 0.882. The topological polar surface area (TPSA) is 73.9 Å². The SMILES string of the molecule is COc1cc(/C=C/C(=O)OCC(=O)N[C@H]2CCCC[C@@H]2C)ccc1OC(C)C. The highest BCUT2D eigenvalue weighted by molar-refractivity contribution is 5.89. The van der Waals surface area contributed by atoms with Gasteiger partial charge >= 0.3 is 5.97 Å². The van der Waals surface area contributed by atoms with Gasteiger partial charge in [-0.1, -0.05) is 25.8 Å². The van der Waals surface area contributed by atoms with Gasteiger partial charge < -0.3 is 19.5 Å². The molecule has 0 aromatic heterocycles. The summed E-state index contributed by atoms with van der Waals surface area (Å²) < 4.78 is 16.0. The summed E-state index contributed by atoms with van der Waals surface area (Å²) in [5.41, 5.74) is 0.769. The van der Waals surface area contributed by atoms with Crippen LogP contribution in [0.15, 0.2) is 24.3 Å². The fraction of sp³-hybridized carbons (Fsp3) is 0.545. The average Bonchev–Trinajstić information content (AvgIpc) is 2.67. The van der Waals surface area contributed by atoms with Gasteiger partial charge in [0.15, 0.2) is 18.1 Å². The first kappa shape index (κ1) is 21.8. The summed E-state index contributed by atoms with van der Waals surface area (Å²) in [7, 11) is 1.57. The van der Waals surface area contributed by atoms with Crippen molar-refractivity contribution < 1.29 is 23.8 Å². The van der Waals surface area contributed by atoms with Gasteiger partial charge in [-0.25, -0.2) is 4.79 Å². The van der Waals surface area contributed by atoms with Crippen LogP contribution < -0.4 is 14.8 Å². The van der Waals surface area contributed by atoms with E-state index in [1.807, 2.05) is 19.9 Å². The standard InChI is InChI=1S/C22H31NO5/c1-15(2)28-19-11-9-17(13-20(19)26-4)10-12-22(25)27-14-21(24)23-18-8-6-5-7-16(18)3/h9-13,15-16,18H,5-8,14H2,1-4H3,(H,23,24)/b12-10+/t16-,18-/m0/s1. The van der Waals surface area contributed by atoms with Crippen LogP contribution in [0.5, 0.6) is 11.5 Å². The largest absolute Gasteiger partial charge is 0.493 e. The molecule has 1 aliphatic carbocycles. The van der Waals surface area contributed by atoms with E-state index < -0.39 is 5.97 Å². The number of esters is 1. The molecule has 0 aliphatic heterocycles. The maximum absolute atomic E-state index is 12.0. The summed E-state index contributed by atoms with van der Waals surface area (Å²) in [6, 6.07) is 5.57. The molecule has 0 bridgehead atoms. The number of benzene rings is 1. The lowest BCUT2D eigenvalue weighted by molar-refractivity contribution is -0.144. The van der Waals surface area contributed by atoms with Crippen molar-refractivity contribution in [2.45, 2.75) is 58.6 Å². The second-order valence-corrected chi connectivity index (χ2v) is 7.45. The Labute approximate surface area is 167 Å². The number of carbonyl (C=O) groups is 2. The third-order valence-corrected chi connectivity index (χ3v) is 4.77. The molecule has 1 fully saturated rings. The zero-order valence-corrected chi connectivity index (χ0v) is 17.2. The fourth-order valence-corrected chi connectivity index (χ4v) is 3.27. The van der Waals surface area contributed by atoms with Gasteiger partial charge in [0.25, 0.3) is 5.91 Å². The first-order chi connectivity index (χ1) is 13.4. The van der Waals surface area contributed by atoms with Crippen molar-refractivity contribution in [1.82, 2.24) is 5.32 Å². The van der Waals surface area contributed by atoms with Crippen molar-refractivity contribution in [3.05, 3.63) is 29.8 Å². The molecular formula is C22H31NO5. The molecule has 1 saturated carbocycles. The quantitative estimate of drug-likeness (QED) is 0.542. The Kier molecular flexibility index (Phi) is 8.36. The molecule has 2 atom stereocenters. The Morgan fingerprint density at radius 3 is 2.64 bits per heavy atom. The van der Waals surface area contributed by atoms with Gasteiger partial charge in [-0.3, -0.25) is 4.79 Å². The fourth-order valence-electron chi connectivity index (χ4n) is 3.27. The van der Waals surface area contributed by atoms with E-state index in [9.17, 15) is 9.59 Å². The van der Waals surface area contributed by atoms with Crippen LogP contribution in [-0.2, 0) is 14.3 Å². The van der Waals surface area contributed by atoms with Gasteiger partial charge in [0.1, 0.15) is 0 Å². The average molecular weight is 389 g/mol. The van der Waals surface area contributed by atoms with Crippen molar-refractivity contribution >= 4 is 18.0 Å². The first-order valence-electron chi connectivity index (χ1n) is 9.88. The lowest BCUT2D eigenvalue weighted by atomic mass is 9.86. The maximum Gasteiger partial charge on any atom is 0.331 e. The summed E-state index contributed by atoms with van der Waals surface area (Å²) in [6.45, 7) is 5.75. The van der Waals surface area contributed by atoms with Gasteiger partial charge in [0.2, 0.25) is 0 Å². The minimum Gasteiger partial charge on any atom is -0.493 e. The van der Waals surface area contributed by atoms with Crippen molar-refractivity contribution in [3.63, 3.8) is 0 Å². The van der Waals surface area contributed by atoms with Gasteiger partial charge in [-0.15, -0.1) is 0 Å². The number of amides is 1. The molecule has 0 saturated heterocycles.